The molecule has 1 heterocycles. The molecule has 206 valence electrons. The molecule has 3 aromatic rings. The van der Waals surface area contributed by atoms with E-state index in [9.17, 15) is 14.0 Å². The number of amides is 1. The number of halogens is 1. The minimum absolute atomic E-state index is 0.149. The fourth-order valence-corrected chi connectivity index (χ4v) is 4.41. The molecule has 0 aliphatic carbocycles. The molecule has 0 saturated carbocycles. The molecule has 39 heavy (non-hydrogen) atoms. The predicted octanol–water partition coefficient (Wildman–Crippen LogP) is 4.63. The Morgan fingerprint density at radius 1 is 0.897 bits per heavy atom. The third-order valence-electron chi connectivity index (χ3n) is 6.36. The number of hydrogen-bond donors (Lipinski definition) is 1. The molecule has 1 amide bonds. The first-order chi connectivity index (χ1) is 18.9. The molecule has 3 aromatic carbocycles. The second-order valence-corrected chi connectivity index (χ2v) is 8.77. The van der Waals surface area contributed by atoms with Crippen LogP contribution >= 0.6 is 0 Å². The van der Waals surface area contributed by atoms with Crippen molar-refractivity contribution >= 4 is 11.9 Å². The van der Waals surface area contributed by atoms with Crippen molar-refractivity contribution in [1.29, 1.82) is 0 Å². The molecular formula is C29H30FNO8. The van der Waals surface area contributed by atoms with Crippen molar-refractivity contribution in [2.24, 2.45) is 5.92 Å². The van der Waals surface area contributed by atoms with Crippen LogP contribution in [0, 0.1) is 11.7 Å². The number of hydrogen-bond acceptors (Lipinski definition) is 8. The number of ether oxygens (including phenoxy) is 6. The highest BCUT2D eigenvalue weighted by Gasteiger charge is 2.35. The van der Waals surface area contributed by atoms with E-state index in [1.54, 1.807) is 36.4 Å². The summed E-state index contributed by atoms with van der Waals surface area (Å²) in [6, 6.07) is 12.8. The minimum Gasteiger partial charge on any atom is -0.493 e. The highest BCUT2D eigenvalue weighted by atomic mass is 19.1. The fourth-order valence-electron chi connectivity index (χ4n) is 4.41. The van der Waals surface area contributed by atoms with Crippen molar-refractivity contribution in [3.63, 3.8) is 0 Å². The first-order valence-electron chi connectivity index (χ1n) is 12.3. The summed E-state index contributed by atoms with van der Waals surface area (Å²) in [5.74, 6) is 0.892. The quantitative estimate of drug-likeness (QED) is 0.398. The second-order valence-electron chi connectivity index (χ2n) is 8.77. The van der Waals surface area contributed by atoms with Crippen molar-refractivity contribution in [3.8, 4) is 34.5 Å². The Kier molecular flexibility index (Phi) is 8.75. The van der Waals surface area contributed by atoms with Crippen LogP contribution in [0.15, 0.2) is 48.5 Å². The van der Waals surface area contributed by atoms with Gasteiger partial charge in [-0.1, -0.05) is 18.2 Å². The van der Waals surface area contributed by atoms with Crippen LogP contribution in [0.5, 0.6) is 34.5 Å². The van der Waals surface area contributed by atoms with Gasteiger partial charge < -0.3 is 33.7 Å². The summed E-state index contributed by atoms with van der Waals surface area (Å²) in [5.41, 5.74) is 1.91. The monoisotopic (exact) mass is 539 g/mol. The molecule has 1 atom stereocenters. The number of carbonyl (C=O) groups excluding carboxylic acids is 2. The van der Waals surface area contributed by atoms with Crippen molar-refractivity contribution in [3.05, 3.63) is 71.0 Å². The van der Waals surface area contributed by atoms with E-state index in [4.69, 9.17) is 28.4 Å². The maximum atomic E-state index is 13.5. The molecule has 0 radical (unpaired) electrons. The zero-order chi connectivity index (χ0) is 27.9. The summed E-state index contributed by atoms with van der Waals surface area (Å²) in [6.45, 7) is 0.451. The normalized spacial score (nSPS) is 14.1. The minimum atomic E-state index is -0.663. The molecular weight excluding hydrogens is 509 g/mol. The van der Waals surface area contributed by atoms with Crippen molar-refractivity contribution < 1.29 is 42.4 Å². The molecule has 9 nitrogen and oxygen atoms in total. The molecule has 1 aliphatic rings. The van der Waals surface area contributed by atoms with Gasteiger partial charge in [0.1, 0.15) is 17.1 Å². The van der Waals surface area contributed by atoms with Crippen LogP contribution in [0.4, 0.5) is 9.18 Å². The fraction of sp³-hybridized carbons (Fsp3) is 0.310. The Labute approximate surface area is 225 Å². The van der Waals surface area contributed by atoms with Gasteiger partial charge in [-0.2, -0.15) is 0 Å². The number of fused-ring (bicyclic) bond motifs is 1. The van der Waals surface area contributed by atoms with Crippen LogP contribution in [0.25, 0.3) is 0 Å². The molecule has 0 saturated heterocycles. The van der Waals surface area contributed by atoms with Gasteiger partial charge in [0.15, 0.2) is 28.8 Å². The maximum Gasteiger partial charge on any atom is 0.412 e. The average molecular weight is 540 g/mol. The van der Waals surface area contributed by atoms with Crippen LogP contribution in [0.1, 0.15) is 21.5 Å². The van der Waals surface area contributed by atoms with E-state index in [2.05, 4.69) is 5.32 Å². The van der Waals surface area contributed by atoms with Gasteiger partial charge in [-0.3, -0.25) is 4.79 Å². The first-order valence-corrected chi connectivity index (χ1v) is 12.3. The SMILES string of the molecule is COc1ccc(CC2COc3cc(OC)c(OC)c(OC)c3C2=O)cc1OC(=O)NCCc1ccc(F)cc1. The molecule has 1 unspecified atom stereocenters. The van der Waals surface area contributed by atoms with Gasteiger partial charge in [-0.05, 0) is 48.2 Å². The van der Waals surface area contributed by atoms with E-state index in [0.29, 0.717) is 42.4 Å². The molecule has 1 aliphatic heterocycles. The van der Waals surface area contributed by atoms with E-state index in [1.807, 2.05) is 0 Å². The zero-order valence-electron chi connectivity index (χ0n) is 22.2. The third kappa shape index (κ3) is 6.17. The van der Waals surface area contributed by atoms with Gasteiger partial charge in [0.05, 0.1) is 41.0 Å². The first kappa shape index (κ1) is 27.6. The Hall–Kier alpha value is -4.47. The highest BCUT2D eigenvalue weighted by Crippen LogP contribution is 2.47. The van der Waals surface area contributed by atoms with Crippen molar-refractivity contribution in [2.75, 3.05) is 41.6 Å². The van der Waals surface area contributed by atoms with E-state index in [-0.39, 0.29) is 35.3 Å². The summed E-state index contributed by atoms with van der Waals surface area (Å²) in [6.07, 6.45) is 0.171. The van der Waals surface area contributed by atoms with Crippen molar-refractivity contribution in [2.45, 2.75) is 12.8 Å². The van der Waals surface area contributed by atoms with Gasteiger partial charge >= 0.3 is 6.09 Å². The smallest absolute Gasteiger partial charge is 0.412 e. The Morgan fingerprint density at radius 3 is 2.26 bits per heavy atom. The van der Waals surface area contributed by atoms with Crippen LogP contribution in [0.2, 0.25) is 0 Å². The topological polar surface area (TPSA) is 102 Å². The number of carbonyl (C=O) groups is 2. The predicted molar refractivity (Wildman–Crippen MR) is 140 cm³/mol. The van der Waals surface area contributed by atoms with Crippen LogP contribution in [-0.2, 0) is 12.8 Å². The molecule has 1 N–H and O–H groups in total. The molecule has 0 fully saturated rings. The van der Waals surface area contributed by atoms with E-state index < -0.39 is 12.0 Å². The largest absolute Gasteiger partial charge is 0.493 e. The van der Waals surface area contributed by atoms with Crippen molar-refractivity contribution in [1.82, 2.24) is 5.32 Å². The highest BCUT2D eigenvalue weighted by molar-refractivity contribution is 6.05. The summed E-state index contributed by atoms with van der Waals surface area (Å²) in [5, 5.41) is 2.68. The lowest BCUT2D eigenvalue weighted by Crippen LogP contribution is -2.30. The number of methoxy groups -OCH3 is 4. The van der Waals surface area contributed by atoms with Gasteiger partial charge in [0.2, 0.25) is 5.75 Å². The summed E-state index contributed by atoms with van der Waals surface area (Å²) >= 11 is 0. The van der Waals surface area contributed by atoms with Gasteiger partial charge in [0, 0.05) is 12.6 Å². The average Bonchev–Trinajstić information content (AvgIpc) is 2.94. The lowest BCUT2D eigenvalue weighted by Gasteiger charge is -2.27. The molecule has 0 spiro atoms. The second kappa shape index (κ2) is 12.4. The number of nitrogens with one attached hydrogen (secondary N) is 1. The van der Waals surface area contributed by atoms with Crippen LogP contribution in [0.3, 0.4) is 0 Å². The Morgan fingerprint density at radius 2 is 1.59 bits per heavy atom. The summed E-state index contributed by atoms with van der Waals surface area (Å²) in [4.78, 5) is 26.0. The molecule has 4 rings (SSSR count). The van der Waals surface area contributed by atoms with E-state index >= 15 is 0 Å². The van der Waals surface area contributed by atoms with Gasteiger partial charge in [-0.25, -0.2) is 9.18 Å². The van der Waals surface area contributed by atoms with E-state index in [0.717, 1.165) is 11.1 Å². The Balaban J connectivity index is 1.46. The molecule has 0 aromatic heterocycles. The molecule has 0 bridgehead atoms. The Bertz CT molecular complexity index is 1340. The maximum absolute atomic E-state index is 13.5. The molecule has 10 heteroatoms. The van der Waals surface area contributed by atoms with Crippen LogP contribution < -0.4 is 33.7 Å². The summed E-state index contributed by atoms with van der Waals surface area (Å²) in [7, 11) is 5.88. The standard InChI is InChI=1S/C29H30FNO8/c1-34-21-10-7-18(14-22(21)39-29(33)31-12-11-17-5-8-20(30)9-6-17)13-19-16-38-23-15-24(35-2)27(36-3)28(37-4)25(23)26(19)32/h5-10,14-15,19H,11-13,16H2,1-4H3,(H,31,33). The zero-order valence-corrected chi connectivity index (χ0v) is 22.2. The lowest BCUT2D eigenvalue weighted by atomic mass is 9.88. The number of rotatable bonds is 10. The lowest BCUT2D eigenvalue weighted by molar-refractivity contribution is 0.0823. The summed E-state index contributed by atoms with van der Waals surface area (Å²) < 4.78 is 46.1. The number of ketones is 1. The van der Waals surface area contributed by atoms with E-state index in [1.165, 1.54) is 40.6 Å². The van der Waals surface area contributed by atoms with Crippen LogP contribution in [-0.4, -0.2) is 53.5 Å². The van der Waals surface area contributed by atoms with Gasteiger partial charge in [0.25, 0.3) is 0 Å². The number of Topliss-reactive ketones (excluding diaryl/α,β-unsaturated/α-hetero) is 1. The van der Waals surface area contributed by atoms with Gasteiger partial charge in [-0.15, -0.1) is 0 Å². The third-order valence-corrected chi connectivity index (χ3v) is 6.36. The number of benzene rings is 3.